The van der Waals surface area contributed by atoms with Crippen molar-refractivity contribution >= 4 is 11.8 Å². The Labute approximate surface area is 178 Å². The number of hydrogen-bond acceptors (Lipinski definition) is 5. The normalized spacial score (nSPS) is 16.3. The number of methoxy groups -OCH3 is 1. The van der Waals surface area contributed by atoms with Crippen LogP contribution in [0.2, 0.25) is 0 Å². The fourth-order valence-corrected chi connectivity index (χ4v) is 3.82. The number of rotatable bonds is 5. The van der Waals surface area contributed by atoms with Gasteiger partial charge in [0.1, 0.15) is 11.6 Å². The first kappa shape index (κ1) is 21.7. The highest BCUT2D eigenvalue weighted by Gasteiger charge is 2.28. The number of aromatic nitrogens is 2. The molecule has 1 aliphatic heterocycles. The van der Waals surface area contributed by atoms with Crippen LogP contribution in [0.5, 0.6) is 5.75 Å². The van der Waals surface area contributed by atoms with Crippen molar-refractivity contribution in [2.24, 2.45) is 0 Å². The van der Waals surface area contributed by atoms with Crippen LogP contribution in [0.15, 0.2) is 24.3 Å². The van der Waals surface area contributed by atoms with Crippen molar-refractivity contribution in [2.75, 3.05) is 34.3 Å². The molecule has 1 aromatic carbocycles. The van der Waals surface area contributed by atoms with Crippen molar-refractivity contribution in [1.29, 1.82) is 0 Å². The number of likely N-dealkylation sites (tertiary alicyclic amines) is 1. The third-order valence-corrected chi connectivity index (χ3v) is 5.66. The van der Waals surface area contributed by atoms with Gasteiger partial charge in [-0.05, 0) is 44.9 Å². The monoisotopic (exact) mass is 410 g/mol. The van der Waals surface area contributed by atoms with Crippen LogP contribution >= 0.6 is 0 Å². The van der Waals surface area contributed by atoms with Crippen molar-refractivity contribution in [2.45, 2.75) is 39.0 Å². The summed E-state index contributed by atoms with van der Waals surface area (Å²) in [5.74, 6) is 1.55. The number of aryl methyl sites for hydroxylation is 2. The summed E-state index contributed by atoms with van der Waals surface area (Å²) in [6.07, 6.45) is 2.15. The Kier molecular flexibility index (Phi) is 6.70. The molecule has 3 rings (SSSR count). The molecule has 0 N–H and O–H groups in total. The summed E-state index contributed by atoms with van der Waals surface area (Å²) in [5, 5.41) is 0. The quantitative estimate of drug-likeness (QED) is 0.758. The second kappa shape index (κ2) is 9.24. The number of hydrogen-bond donors (Lipinski definition) is 0. The molecule has 7 nitrogen and oxygen atoms in total. The van der Waals surface area contributed by atoms with E-state index in [1.807, 2.05) is 36.9 Å². The molecule has 0 aliphatic carbocycles. The highest BCUT2D eigenvalue weighted by atomic mass is 16.5. The molecule has 0 radical (unpaired) electrons. The fourth-order valence-electron chi connectivity index (χ4n) is 3.82. The van der Waals surface area contributed by atoms with E-state index in [0.717, 1.165) is 42.2 Å². The predicted molar refractivity (Wildman–Crippen MR) is 115 cm³/mol. The van der Waals surface area contributed by atoms with Crippen LogP contribution in [-0.2, 0) is 11.2 Å². The molecule has 0 saturated carbocycles. The number of ether oxygens (including phenoxy) is 1. The Morgan fingerprint density at radius 1 is 1.20 bits per heavy atom. The molecule has 1 saturated heterocycles. The highest BCUT2D eigenvalue weighted by Crippen LogP contribution is 2.27. The van der Waals surface area contributed by atoms with Gasteiger partial charge in [-0.3, -0.25) is 9.59 Å². The van der Waals surface area contributed by atoms with Crippen LogP contribution in [0.25, 0.3) is 0 Å². The molecule has 0 unspecified atom stereocenters. The average molecular weight is 411 g/mol. The Hall–Kier alpha value is -2.96. The zero-order chi connectivity index (χ0) is 21.8. The Balaban J connectivity index is 1.78. The SMILES string of the molecule is COc1cccc(C(=O)N2CCC[C@@H](c3nc(C)c(CC(=O)N(C)C)c(C)n3)C2)c1. The Morgan fingerprint density at radius 2 is 1.90 bits per heavy atom. The maximum Gasteiger partial charge on any atom is 0.254 e. The molecule has 0 spiro atoms. The topological polar surface area (TPSA) is 75.6 Å². The standard InChI is InChI=1S/C23H30N4O3/c1-15-20(13-21(28)26(3)4)16(2)25-22(24-15)18-9-7-11-27(14-18)23(29)17-8-6-10-19(12-17)30-5/h6,8,10,12,18H,7,9,11,13-14H2,1-5H3/t18-/m1/s1. The lowest BCUT2D eigenvalue weighted by atomic mass is 9.95. The molecule has 160 valence electrons. The summed E-state index contributed by atoms with van der Waals surface area (Å²) >= 11 is 0. The van der Waals surface area contributed by atoms with E-state index in [1.54, 1.807) is 32.2 Å². The molecule has 1 fully saturated rings. The maximum atomic E-state index is 13.0. The number of carbonyl (C=O) groups is 2. The van der Waals surface area contributed by atoms with Crippen LogP contribution in [0.1, 0.15) is 51.9 Å². The van der Waals surface area contributed by atoms with E-state index in [1.165, 1.54) is 0 Å². The van der Waals surface area contributed by atoms with Gasteiger partial charge in [0, 0.05) is 55.6 Å². The molecule has 7 heteroatoms. The molecular formula is C23H30N4O3. The number of nitrogens with zero attached hydrogens (tertiary/aromatic N) is 4. The first-order valence-corrected chi connectivity index (χ1v) is 10.3. The number of piperidine rings is 1. The minimum Gasteiger partial charge on any atom is -0.497 e. The van der Waals surface area contributed by atoms with Gasteiger partial charge in [0.05, 0.1) is 13.5 Å². The van der Waals surface area contributed by atoms with Gasteiger partial charge in [0.25, 0.3) is 5.91 Å². The van der Waals surface area contributed by atoms with Gasteiger partial charge in [0.15, 0.2) is 0 Å². The lowest BCUT2D eigenvalue weighted by Gasteiger charge is -2.32. The number of benzene rings is 1. The van der Waals surface area contributed by atoms with E-state index in [9.17, 15) is 9.59 Å². The molecule has 1 atom stereocenters. The van der Waals surface area contributed by atoms with Crippen molar-refractivity contribution in [3.63, 3.8) is 0 Å². The second-order valence-electron chi connectivity index (χ2n) is 8.02. The predicted octanol–water partition coefficient (Wildman–Crippen LogP) is 2.75. The van der Waals surface area contributed by atoms with Gasteiger partial charge in [-0.15, -0.1) is 0 Å². The van der Waals surface area contributed by atoms with Crippen molar-refractivity contribution in [1.82, 2.24) is 19.8 Å². The van der Waals surface area contributed by atoms with Crippen LogP contribution in [-0.4, -0.2) is 65.9 Å². The van der Waals surface area contributed by atoms with Gasteiger partial charge in [-0.1, -0.05) is 6.07 Å². The van der Waals surface area contributed by atoms with Gasteiger partial charge in [-0.2, -0.15) is 0 Å². The molecule has 1 aliphatic rings. The molecule has 2 amide bonds. The molecule has 0 bridgehead atoms. The summed E-state index contributed by atoms with van der Waals surface area (Å²) in [5.41, 5.74) is 3.19. The first-order chi connectivity index (χ1) is 14.3. The molecule has 1 aromatic heterocycles. The van der Waals surface area contributed by atoms with E-state index in [0.29, 0.717) is 24.3 Å². The summed E-state index contributed by atoms with van der Waals surface area (Å²) in [4.78, 5) is 38.0. The van der Waals surface area contributed by atoms with Crippen molar-refractivity contribution in [3.05, 3.63) is 52.6 Å². The lowest BCUT2D eigenvalue weighted by Crippen LogP contribution is -2.39. The van der Waals surface area contributed by atoms with E-state index in [2.05, 4.69) is 0 Å². The van der Waals surface area contributed by atoms with E-state index in [-0.39, 0.29) is 17.7 Å². The smallest absolute Gasteiger partial charge is 0.254 e. The van der Waals surface area contributed by atoms with Crippen LogP contribution in [0, 0.1) is 13.8 Å². The fraction of sp³-hybridized carbons (Fsp3) is 0.478. The van der Waals surface area contributed by atoms with Crippen LogP contribution < -0.4 is 4.74 Å². The minimum atomic E-state index is 0.000226. The summed E-state index contributed by atoms with van der Waals surface area (Å²) in [7, 11) is 5.09. The van der Waals surface area contributed by atoms with Crippen LogP contribution in [0.4, 0.5) is 0 Å². The first-order valence-electron chi connectivity index (χ1n) is 10.3. The molecule has 30 heavy (non-hydrogen) atoms. The lowest BCUT2D eigenvalue weighted by molar-refractivity contribution is -0.128. The number of carbonyl (C=O) groups excluding carboxylic acids is 2. The summed E-state index contributed by atoms with van der Waals surface area (Å²) in [6.45, 7) is 5.17. The van der Waals surface area contributed by atoms with Gasteiger partial charge in [0.2, 0.25) is 5.91 Å². The van der Waals surface area contributed by atoms with Crippen LogP contribution in [0.3, 0.4) is 0 Å². The van der Waals surface area contributed by atoms with E-state index < -0.39 is 0 Å². The number of amides is 2. The van der Waals surface area contributed by atoms with E-state index in [4.69, 9.17) is 14.7 Å². The van der Waals surface area contributed by atoms with Gasteiger partial charge >= 0.3 is 0 Å². The van der Waals surface area contributed by atoms with Crippen molar-refractivity contribution in [3.8, 4) is 5.75 Å². The van der Waals surface area contributed by atoms with Crippen molar-refractivity contribution < 1.29 is 14.3 Å². The Bertz CT molecular complexity index is 919. The Morgan fingerprint density at radius 3 is 2.53 bits per heavy atom. The largest absolute Gasteiger partial charge is 0.497 e. The number of likely N-dealkylation sites (N-methyl/N-ethyl adjacent to an activating group) is 1. The summed E-state index contributed by atoms with van der Waals surface area (Å²) in [6, 6.07) is 7.25. The van der Waals surface area contributed by atoms with E-state index >= 15 is 0 Å². The summed E-state index contributed by atoms with van der Waals surface area (Å²) < 4.78 is 5.24. The third kappa shape index (κ3) is 4.78. The maximum absolute atomic E-state index is 13.0. The van der Waals surface area contributed by atoms with Gasteiger partial charge in [-0.25, -0.2) is 9.97 Å². The molecular weight excluding hydrogens is 380 g/mol. The average Bonchev–Trinajstić information content (AvgIpc) is 2.75. The zero-order valence-corrected chi connectivity index (χ0v) is 18.4. The molecule has 2 aromatic rings. The van der Waals surface area contributed by atoms with Gasteiger partial charge < -0.3 is 14.5 Å². The second-order valence-corrected chi connectivity index (χ2v) is 8.02. The minimum absolute atomic E-state index is 0.000226. The highest BCUT2D eigenvalue weighted by molar-refractivity contribution is 5.94. The third-order valence-electron chi connectivity index (χ3n) is 5.66. The molecule has 2 heterocycles. The zero-order valence-electron chi connectivity index (χ0n) is 18.4.